The van der Waals surface area contributed by atoms with Gasteiger partial charge in [0, 0.05) is 24.6 Å². The van der Waals surface area contributed by atoms with Gasteiger partial charge in [-0.3, -0.25) is 0 Å². The molecule has 102 valence electrons. The minimum absolute atomic E-state index is 0.269. The fourth-order valence-corrected chi connectivity index (χ4v) is 3.73. The summed E-state index contributed by atoms with van der Waals surface area (Å²) in [7, 11) is 0. The number of aliphatic hydroxyl groups is 1. The summed E-state index contributed by atoms with van der Waals surface area (Å²) < 4.78 is 0. The summed E-state index contributed by atoms with van der Waals surface area (Å²) in [5, 5.41) is 13.0. The average Bonchev–Trinajstić information content (AvgIpc) is 2.96. The molecule has 0 spiro atoms. The van der Waals surface area contributed by atoms with E-state index >= 15 is 0 Å². The van der Waals surface area contributed by atoms with E-state index in [2.05, 4.69) is 49.5 Å². The molecular weight excluding hydrogens is 234 g/mol. The van der Waals surface area contributed by atoms with Crippen LogP contribution in [-0.4, -0.2) is 17.8 Å². The van der Waals surface area contributed by atoms with Gasteiger partial charge in [0.15, 0.2) is 0 Å². The van der Waals surface area contributed by atoms with Crippen LogP contribution in [0.25, 0.3) is 0 Å². The number of benzene rings is 1. The first kappa shape index (κ1) is 12.9. The summed E-state index contributed by atoms with van der Waals surface area (Å²) in [6, 6.07) is 7.54. The molecular formula is C17H23NO. The van der Waals surface area contributed by atoms with Crippen molar-refractivity contribution in [1.29, 1.82) is 0 Å². The van der Waals surface area contributed by atoms with E-state index in [0.717, 1.165) is 6.42 Å². The lowest BCUT2D eigenvalue weighted by Crippen LogP contribution is -2.29. The van der Waals surface area contributed by atoms with Gasteiger partial charge in [-0.1, -0.05) is 37.3 Å². The van der Waals surface area contributed by atoms with Crippen LogP contribution in [0.1, 0.15) is 48.4 Å². The van der Waals surface area contributed by atoms with E-state index in [1.165, 1.54) is 17.5 Å². The van der Waals surface area contributed by atoms with Crippen LogP contribution < -0.4 is 5.32 Å². The quantitative estimate of drug-likeness (QED) is 0.816. The number of fused-ring (bicyclic) bond motifs is 1. The van der Waals surface area contributed by atoms with Crippen LogP contribution in [-0.2, 0) is 0 Å². The van der Waals surface area contributed by atoms with Crippen LogP contribution >= 0.6 is 0 Å². The monoisotopic (exact) mass is 257 g/mol. The Bertz CT molecular complexity index is 494. The van der Waals surface area contributed by atoms with Crippen molar-refractivity contribution in [3.05, 3.63) is 47.0 Å². The van der Waals surface area contributed by atoms with Gasteiger partial charge in [-0.2, -0.15) is 0 Å². The summed E-state index contributed by atoms with van der Waals surface area (Å²) in [6.45, 7) is 4.81. The van der Waals surface area contributed by atoms with E-state index in [1.54, 1.807) is 5.56 Å². The van der Waals surface area contributed by atoms with Gasteiger partial charge in [0.2, 0.25) is 0 Å². The second kappa shape index (κ2) is 5.10. The molecule has 0 saturated heterocycles. The molecule has 2 unspecified atom stereocenters. The Kier molecular flexibility index (Phi) is 3.46. The summed E-state index contributed by atoms with van der Waals surface area (Å²) in [4.78, 5) is 0. The normalized spacial score (nSPS) is 32.8. The van der Waals surface area contributed by atoms with Crippen LogP contribution in [0.5, 0.6) is 0 Å². The molecule has 0 amide bonds. The fourth-order valence-electron chi connectivity index (χ4n) is 3.73. The Morgan fingerprint density at radius 1 is 1.26 bits per heavy atom. The van der Waals surface area contributed by atoms with E-state index in [1.807, 2.05) is 0 Å². The summed E-state index contributed by atoms with van der Waals surface area (Å²) in [5.74, 6) is 0.987. The number of rotatable bonds is 3. The van der Waals surface area contributed by atoms with Crippen molar-refractivity contribution >= 4 is 0 Å². The van der Waals surface area contributed by atoms with E-state index in [-0.39, 0.29) is 6.61 Å². The topological polar surface area (TPSA) is 32.3 Å². The van der Waals surface area contributed by atoms with Gasteiger partial charge < -0.3 is 10.4 Å². The lowest BCUT2D eigenvalue weighted by atomic mass is 9.98. The maximum absolute atomic E-state index is 9.20. The van der Waals surface area contributed by atoms with Crippen LogP contribution in [0, 0.1) is 12.8 Å². The third-order valence-electron chi connectivity index (χ3n) is 4.64. The molecule has 3 rings (SSSR count). The van der Waals surface area contributed by atoms with Crippen LogP contribution in [0.2, 0.25) is 0 Å². The number of aliphatic hydroxyl groups excluding tert-OH is 1. The highest BCUT2D eigenvalue weighted by Crippen LogP contribution is 2.42. The van der Waals surface area contributed by atoms with Gasteiger partial charge in [-0.05, 0) is 42.4 Å². The van der Waals surface area contributed by atoms with Crippen molar-refractivity contribution in [1.82, 2.24) is 5.32 Å². The van der Waals surface area contributed by atoms with Crippen LogP contribution in [0.15, 0.2) is 30.4 Å². The molecule has 0 heterocycles. The van der Waals surface area contributed by atoms with Gasteiger partial charge in [-0.25, -0.2) is 0 Å². The molecule has 2 aliphatic carbocycles. The largest absolute Gasteiger partial charge is 0.396 e. The predicted molar refractivity (Wildman–Crippen MR) is 78.2 cm³/mol. The lowest BCUT2D eigenvalue weighted by molar-refractivity contribution is 0.244. The van der Waals surface area contributed by atoms with Crippen molar-refractivity contribution in [2.24, 2.45) is 5.92 Å². The summed E-state index contributed by atoms with van der Waals surface area (Å²) >= 11 is 0. The molecule has 0 saturated carbocycles. The first-order chi connectivity index (χ1) is 9.19. The van der Waals surface area contributed by atoms with Gasteiger partial charge in [0.05, 0.1) is 0 Å². The standard InChI is InChI=1S/C17H23NO/c1-11-4-3-5-15-16(8-12(2)17(11)15)18-14-7-6-13(9-14)10-19/h3-7,12-14,16,18-19H,8-10H2,1-2H3/t12?,13-,14+,16?/m0/s1. The molecule has 2 N–H and O–H groups in total. The van der Waals surface area contributed by atoms with Gasteiger partial charge in [0.25, 0.3) is 0 Å². The van der Waals surface area contributed by atoms with Crippen molar-refractivity contribution in [3.8, 4) is 0 Å². The maximum atomic E-state index is 9.20. The number of aryl methyl sites for hydroxylation is 1. The van der Waals surface area contributed by atoms with Crippen LogP contribution in [0.4, 0.5) is 0 Å². The Hall–Kier alpha value is -1.12. The molecule has 1 aromatic carbocycles. The molecule has 2 aliphatic rings. The zero-order chi connectivity index (χ0) is 13.4. The SMILES string of the molecule is Cc1cccc2c1C(C)CC2N[C@@H]1C=C[C@H](CO)C1. The maximum Gasteiger partial charge on any atom is 0.0494 e. The third-order valence-corrected chi connectivity index (χ3v) is 4.64. The first-order valence-corrected chi connectivity index (χ1v) is 7.33. The Labute approximate surface area is 115 Å². The predicted octanol–water partition coefficient (Wildman–Crippen LogP) is 3.07. The molecule has 0 radical (unpaired) electrons. The molecule has 0 aliphatic heterocycles. The van der Waals surface area contributed by atoms with Crippen LogP contribution in [0.3, 0.4) is 0 Å². The fraction of sp³-hybridized carbons (Fsp3) is 0.529. The zero-order valence-electron chi connectivity index (χ0n) is 11.8. The molecule has 1 aromatic rings. The second-order valence-electron chi connectivity index (χ2n) is 6.10. The van der Waals surface area contributed by atoms with E-state index in [4.69, 9.17) is 0 Å². The highest BCUT2D eigenvalue weighted by molar-refractivity contribution is 5.43. The molecule has 2 nitrogen and oxygen atoms in total. The molecule has 0 bridgehead atoms. The van der Waals surface area contributed by atoms with Gasteiger partial charge >= 0.3 is 0 Å². The Morgan fingerprint density at radius 3 is 2.84 bits per heavy atom. The first-order valence-electron chi connectivity index (χ1n) is 7.33. The smallest absolute Gasteiger partial charge is 0.0494 e. The number of hydrogen-bond donors (Lipinski definition) is 2. The minimum atomic E-state index is 0.269. The Balaban J connectivity index is 1.75. The van der Waals surface area contributed by atoms with E-state index in [0.29, 0.717) is 23.9 Å². The average molecular weight is 257 g/mol. The zero-order valence-corrected chi connectivity index (χ0v) is 11.8. The summed E-state index contributed by atoms with van der Waals surface area (Å²) in [6.07, 6.45) is 6.59. The van der Waals surface area contributed by atoms with E-state index < -0.39 is 0 Å². The number of hydrogen-bond acceptors (Lipinski definition) is 2. The highest BCUT2D eigenvalue weighted by Gasteiger charge is 2.31. The lowest BCUT2D eigenvalue weighted by Gasteiger charge is -2.20. The van der Waals surface area contributed by atoms with Gasteiger partial charge in [-0.15, -0.1) is 0 Å². The molecule has 2 heteroatoms. The molecule has 19 heavy (non-hydrogen) atoms. The number of nitrogens with one attached hydrogen (secondary N) is 1. The van der Waals surface area contributed by atoms with Crippen molar-refractivity contribution < 1.29 is 5.11 Å². The van der Waals surface area contributed by atoms with E-state index in [9.17, 15) is 5.11 Å². The van der Waals surface area contributed by atoms with Crippen molar-refractivity contribution in [2.75, 3.05) is 6.61 Å². The van der Waals surface area contributed by atoms with Gasteiger partial charge in [0.1, 0.15) is 0 Å². The highest BCUT2D eigenvalue weighted by atomic mass is 16.3. The molecule has 0 fully saturated rings. The van der Waals surface area contributed by atoms with Crippen molar-refractivity contribution in [3.63, 3.8) is 0 Å². The minimum Gasteiger partial charge on any atom is -0.396 e. The summed E-state index contributed by atoms with van der Waals surface area (Å²) in [5.41, 5.74) is 4.44. The molecule has 4 atom stereocenters. The van der Waals surface area contributed by atoms with Crippen molar-refractivity contribution in [2.45, 2.75) is 44.7 Å². The third kappa shape index (κ3) is 2.35. The Morgan fingerprint density at radius 2 is 2.11 bits per heavy atom. The molecule has 0 aromatic heterocycles. The second-order valence-corrected chi connectivity index (χ2v) is 6.10.